The molecule has 0 aliphatic carbocycles. The third-order valence-electron chi connectivity index (χ3n) is 2.21. The fourth-order valence-electron chi connectivity index (χ4n) is 1.32. The van der Waals surface area contributed by atoms with Gasteiger partial charge in [0.2, 0.25) is 5.88 Å². The summed E-state index contributed by atoms with van der Waals surface area (Å²) in [6.07, 6.45) is 1.64. The molecule has 90 valence electrons. The second kappa shape index (κ2) is 5.34. The molecule has 0 saturated carbocycles. The van der Waals surface area contributed by atoms with E-state index in [1.54, 1.807) is 24.3 Å². The van der Waals surface area contributed by atoms with Gasteiger partial charge in [-0.25, -0.2) is 4.98 Å². The van der Waals surface area contributed by atoms with E-state index in [-0.39, 0.29) is 16.7 Å². The van der Waals surface area contributed by atoms with Gasteiger partial charge in [0, 0.05) is 0 Å². The van der Waals surface area contributed by atoms with Crippen molar-refractivity contribution < 1.29 is 4.74 Å². The number of rotatable bonds is 3. The van der Waals surface area contributed by atoms with Crippen molar-refractivity contribution >= 4 is 17.4 Å². The fraction of sp³-hybridized carbons (Fsp3) is 0.0833. The lowest BCUT2D eigenvalue weighted by molar-refractivity contribution is 0.462. The smallest absolute Gasteiger partial charge is 0.243 e. The Balaban J connectivity index is 2.19. The number of ether oxygens (including phenoxy) is 1. The third-order valence-corrected chi connectivity index (χ3v) is 2.56. The number of nitrogens with two attached hydrogens (primary N) is 1. The Kier molecular flexibility index (Phi) is 3.60. The average Bonchev–Trinajstić information content (AvgIpc) is 2.38. The van der Waals surface area contributed by atoms with Crippen molar-refractivity contribution in [1.82, 2.24) is 9.97 Å². The largest absolute Gasteiger partial charge is 0.437 e. The Morgan fingerprint density at radius 2 is 2.00 bits per heavy atom. The maximum atomic E-state index is 8.56. The van der Waals surface area contributed by atoms with Gasteiger partial charge in [0.05, 0.1) is 12.5 Å². The summed E-state index contributed by atoms with van der Waals surface area (Å²) in [4.78, 5) is 7.63. The highest BCUT2D eigenvalue weighted by atomic mass is 35.5. The fourth-order valence-corrected chi connectivity index (χ4v) is 1.45. The summed E-state index contributed by atoms with van der Waals surface area (Å²) in [6, 6.07) is 9.15. The monoisotopic (exact) mass is 260 g/mol. The lowest BCUT2D eigenvalue weighted by Crippen LogP contribution is -1.96. The van der Waals surface area contributed by atoms with E-state index in [0.29, 0.717) is 12.2 Å². The van der Waals surface area contributed by atoms with Crippen LogP contribution in [0.4, 0.5) is 5.82 Å². The lowest BCUT2D eigenvalue weighted by Gasteiger charge is -2.07. The first-order chi connectivity index (χ1) is 8.70. The number of anilines is 1. The number of hydrogen-bond donors (Lipinski definition) is 1. The van der Waals surface area contributed by atoms with Crippen LogP contribution >= 0.6 is 11.6 Å². The molecular formula is C12H9ClN4O. The minimum Gasteiger partial charge on any atom is -0.437 e. The molecule has 2 aromatic rings. The van der Waals surface area contributed by atoms with Crippen molar-refractivity contribution in [3.63, 3.8) is 0 Å². The number of nitrogens with zero attached hydrogens (tertiary/aromatic N) is 3. The summed E-state index contributed by atoms with van der Waals surface area (Å²) in [5.41, 5.74) is 6.45. The number of aromatic nitrogens is 2. The average molecular weight is 261 g/mol. The van der Waals surface area contributed by atoms with Gasteiger partial charge in [0.25, 0.3) is 0 Å². The van der Waals surface area contributed by atoms with Crippen molar-refractivity contribution in [3.8, 4) is 17.7 Å². The van der Waals surface area contributed by atoms with E-state index in [0.717, 1.165) is 5.56 Å². The molecule has 0 aliphatic rings. The minimum atomic E-state index is 0.169. The third kappa shape index (κ3) is 2.67. The molecule has 0 saturated heterocycles. The first kappa shape index (κ1) is 12.1. The molecule has 2 N–H and O–H groups in total. The maximum Gasteiger partial charge on any atom is 0.243 e. The molecule has 0 aliphatic heterocycles. The van der Waals surface area contributed by atoms with Crippen LogP contribution in [0.2, 0.25) is 5.02 Å². The summed E-state index contributed by atoms with van der Waals surface area (Å²) < 4.78 is 5.48. The van der Waals surface area contributed by atoms with Crippen molar-refractivity contribution in [2.75, 3.05) is 5.73 Å². The second-order valence-corrected chi connectivity index (χ2v) is 3.84. The topological polar surface area (TPSA) is 84.8 Å². The molecule has 0 atom stereocenters. The Morgan fingerprint density at radius 3 is 2.67 bits per heavy atom. The second-order valence-electron chi connectivity index (χ2n) is 3.46. The van der Waals surface area contributed by atoms with Gasteiger partial charge in [-0.1, -0.05) is 23.7 Å². The van der Waals surface area contributed by atoms with E-state index >= 15 is 0 Å². The van der Waals surface area contributed by atoms with Gasteiger partial charge in [-0.15, -0.1) is 0 Å². The van der Waals surface area contributed by atoms with E-state index in [1.807, 2.05) is 0 Å². The molecule has 0 radical (unpaired) electrons. The lowest BCUT2D eigenvalue weighted by atomic mass is 10.2. The van der Waals surface area contributed by atoms with E-state index in [2.05, 4.69) is 16.0 Å². The highest BCUT2D eigenvalue weighted by Gasteiger charge is 2.08. The molecule has 0 fully saturated rings. The number of benzene rings is 1. The van der Waals surface area contributed by atoms with Gasteiger partial charge in [0.15, 0.2) is 0 Å². The summed E-state index contributed by atoms with van der Waals surface area (Å²) in [7, 11) is 0. The predicted molar refractivity (Wildman–Crippen MR) is 67.3 cm³/mol. The first-order valence-electron chi connectivity index (χ1n) is 5.10. The SMILES string of the molecule is N#CCc1ccc(Oc2ncnc(N)c2Cl)cc1. The van der Waals surface area contributed by atoms with Crippen LogP contribution in [0.15, 0.2) is 30.6 Å². The van der Waals surface area contributed by atoms with Crippen molar-refractivity contribution in [3.05, 3.63) is 41.2 Å². The zero-order valence-corrected chi connectivity index (χ0v) is 10.1. The Hall–Kier alpha value is -2.32. The molecule has 5 nitrogen and oxygen atoms in total. The standard InChI is InChI=1S/C12H9ClN4O/c13-10-11(15)16-7-17-12(10)18-9-3-1-8(2-4-9)5-6-14/h1-4,7H,5H2,(H2,15,16,17). The zero-order valence-electron chi connectivity index (χ0n) is 9.30. The van der Waals surface area contributed by atoms with Crippen molar-refractivity contribution in [1.29, 1.82) is 5.26 Å². The molecular weight excluding hydrogens is 252 g/mol. The van der Waals surface area contributed by atoms with E-state index in [9.17, 15) is 0 Å². The highest BCUT2D eigenvalue weighted by molar-refractivity contribution is 6.34. The van der Waals surface area contributed by atoms with Crippen LogP contribution < -0.4 is 10.5 Å². The number of hydrogen-bond acceptors (Lipinski definition) is 5. The molecule has 0 amide bonds. The van der Waals surface area contributed by atoms with Crippen LogP contribution in [0.5, 0.6) is 11.6 Å². The molecule has 1 heterocycles. The highest BCUT2D eigenvalue weighted by Crippen LogP contribution is 2.29. The van der Waals surface area contributed by atoms with E-state index in [4.69, 9.17) is 27.3 Å². The van der Waals surface area contributed by atoms with Crippen LogP contribution in [-0.2, 0) is 6.42 Å². The number of nitriles is 1. The molecule has 0 spiro atoms. The summed E-state index contributed by atoms with van der Waals surface area (Å²) in [5, 5.41) is 8.74. The van der Waals surface area contributed by atoms with E-state index in [1.165, 1.54) is 6.33 Å². The van der Waals surface area contributed by atoms with Crippen LogP contribution in [0.3, 0.4) is 0 Å². The quantitative estimate of drug-likeness (QED) is 0.917. The van der Waals surface area contributed by atoms with Gasteiger partial charge in [-0.2, -0.15) is 10.2 Å². The van der Waals surface area contributed by atoms with Crippen molar-refractivity contribution in [2.45, 2.75) is 6.42 Å². The Labute approximate surface area is 109 Å². The summed E-state index contributed by atoms with van der Waals surface area (Å²) in [6.45, 7) is 0. The molecule has 2 rings (SSSR count). The molecule has 1 aromatic carbocycles. The van der Waals surface area contributed by atoms with Gasteiger partial charge in [-0.05, 0) is 17.7 Å². The van der Waals surface area contributed by atoms with Gasteiger partial charge < -0.3 is 10.5 Å². The van der Waals surface area contributed by atoms with Crippen LogP contribution in [0.25, 0.3) is 0 Å². The minimum absolute atomic E-state index is 0.169. The molecule has 18 heavy (non-hydrogen) atoms. The zero-order chi connectivity index (χ0) is 13.0. The number of nitrogen functional groups attached to an aromatic ring is 1. The normalized spacial score (nSPS) is 9.78. The number of halogens is 1. The van der Waals surface area contributed by atoms with Gasteiger partial charge >= 0.3 is 0 Å². The van der Waals surface area contributed by atoms with E-state index < -0.39 is 0 Å². The summed E-state index contributed by atoms with van der Waals surface area (Å²) in [5.74, 6) is 0.941. The van der Waals surface area contributed by atoms with Crippen molar-refractivity contribution in [2.24, 2.45) is 0 Å². The maximum absolute atomic E-state index is 8.56. The van der Waals surface area contributed by atoms with Crippen LogP contribution in [-0.4, -0.2) is 9.97 Å². The first-order valence-corrected chi connectivity index (χ1v) is 5.48. The van der Waals surface area contributed by atoms with Crippen LogP contribution in [0, 0.1) is 11.3 Å². The predicted octanol–water partition coefficient (Wildman–Crippen LogP) is 2.57. The Bertz CT molecular complexity index is 592. The van der Waals surface area contributed by atoms with Gasteiger partial charge in [0.1, 0.15) is 22.9 Å². The molecule has 0 bridgehead atoms. The summed E-state index contributed by atoms with van der Waals surface area (Å²) >= 11 is 5.91. The van der Waals surface area contributed by atoms with Gasteiger partial charge in [-0.3, -0.25) is 0 Å². The molecule has 1 aromatic heterocycles. The molecule has 0 unspecified atom stereocenters. The van der Waals surface area contributed by atoms with Crippen LogP contribution in [0.1, 0.15) is 5.56 Å². The Morgan fingerprint density at radius 1 is 1.28 bits per heavy atom. The molecule has 6 heteroatoms.